The van der Waals surface area contributed by atoms with Crippen molar-refractivity contribution in [1.82, 2.24) is 0 Å². The fourth-order valence-electron chi connectivity index (χ4n) is 1.74. The molecule has 0 radical (unpaired) electrons. The third-order valence-electron chi connectivity index (χ3n) is 2.77. The molecule has 100 valence electrons. The van der Waals surface area contributed by atoms with E-state index in [9.17, 15) is 4.57 Å². The summed E-state index contributed by atoms with van der Waals surface area (Å²) >= 11 is 12.1. The van der Waals surface area contributed by atoms with Crippen molar-refractivity contribution < 1.29 is 4.57 Å². The highest BCUT2D eigenvalue weighted by atomic mass is 35.5. The van der Waals surface area contributed by atoms with Crippen LogP contribution < -0.4 is 10.4 Å². The van der Waals surface area contributed by atoms with E-state index in [0.29, 0.717) is 16.0 Å². The number of hydrogen-bond acceptors (Lipinski definition) is 1. The molecule has 2 aromatic carbocycles. The second-order valence-electron chi connectivity index (χ2n) is 4.29. The molecule has 1 N–H and O–H groups in total. The first kappa shape index (κ1) is 14.5. The van der Waals surface area contributed by atoms with Gasteiger partial charge in [0.2, 0.25) is 7.29 Å². The van der Waals surface area contributed by atoms with Gasteiger partial charge < -0.3 is 5.09 Å². The van der Waals surface area contributed by atoms with E-state index in [-0.39, 0.29) is 5.62 Å². The number of hydrogen-bond donors (Lipinski definition) is 1. The molecule has 0 heterocycles. The van der Waals surface area contributed by atoms with Crippen molar-refractivity contribution in [2.24, 2.45) is 0 Å². The van der Waals surface area contributed by atoms with Gasteiger partial charge in [-0.2, -0.15) is 0 Å². The molecule has 0 aliphatic rings. The Morgan fingerprint density at radius 2 is 1.84 bits per heavy atom. The minimum atomic E-state index is -2.89. The molecule has 0 fully saturated rings. The lowest BCUT2D eigenvalue weighted by atomic mass is 10.2. The van der Waals surface area contributed by atoms with Crippen LogP contribution in [0.25, 0.3) is 0 Å². The largest absolute Gasteiger partial charge is 0.331 e. The van der Waals surface area contributed by atoms with Crippen LogP contribution in [-0.4, -0.2) is 5.62 Å². The van der Waals surface area contributed by atoms with Crippen molar-refractivity contribution in [3.63, 3.8) is 0 Å². The summed E-state index contributed by atoms with van der Waals surface area (Å²) in [6, 6.07) is 14.7. The van der Waals surface area contributed by atoms with Crippen LogP contribution in [0.1, 0.15) is 5.56 Å². The summed E-state index contributed by atoms with van der Waals surface area (Å²) in [6.45, 7) is 1.95. The fourth-order valence-corrected chi connectivity index (χ4v) is 4.24. The molecular formula is C14H14Cl2NOP. The van der Waals surface area contributed by atoms with Crippen LogP contribution in [0.5, 0.6) is 0 Å². The third kappa shape index (κ3) is 3.33. The Bertz CT molecular complexity index is 616. The number of anilines is 1. The molecule has 19 heavy (non-hydrogen) atoms. The maximum absolute atomic E-state index is 12.9. The van der Waals surface area contributed by atoms with Crippen molar-refractivity contribution in [3.8, 4) is 0 Å². The molecule has 0 saturated carbocycles. The van der Waals surface area contributed by atoms with Gasteiger partial charge in [-0.3, -0.25) is 4.57 Å². The second-order valence-corrected chi connectivity index (χ2v) is 7.87. The lowest BCUT2D eigenvalue weighted by molar-refractivity contribution is 0.587. The summed E-state index contributed by atoms with van der Waals surface area (Å²) in [5.74, 6) is 0. The molecule has 2 rings (SSSR count). The standard InChI is InChI=1S/C14H14Cl2NOP/c1-11-7-8-14(13(16)9-11)17-19(18,10-15)12-5-3-2-4-6-12/h2-9H,10H2,1H3,(H,17,18). The van der Waals surface area contributed by atoms with Gasteiger partial charge in [0.1, 0.15) is 0 Å². The number of nitrogens with one attached hydrogen (secondary N) is 1. The lowest BCUT2D eigenvalue weighted by Gasteiger charge is -2.19. The number of halogens is 2. The summed E-state index contributed by atoms with van der Waals surface area (Å²) in [4.78, 5) is 0. The van der Waals surface area contributed by atoms with Crippen LogP contribution in [0.2, 0.25) is 5.02 Å². The second kappa shape index (κ2) is 6.00. The first-order valence-corrected chi connectivity index (χ1v) is 8.61. The summed E-state index contributed by atoms with van der Waals surface area (Å²) < 4.78 is 12.9. The van der Waals surface area contributed by atoms with Crippen LogP contribution >= 0.6 is 30.5 Å². The summed E-state index contributed by atoms with van der Waals surface area (Å²) in [5, 5.41) is 4.25. The van der Waals surface area contributed by atoms with E-state index < -0.39 is 7.29 Å². The molecule has 1 atom stereocenters. The van der Waals surface area contributed by atoms with Gasteiger partial charge in [0.15, 0.2) is 0 Å². The fraction of sp³-hybridized carbons (Fsp3) is 0.143. The van der Waals surface area contributed by atoms with E-state index in [0.717, 1.165) is 5.56 Å². The molecule has 0 bridgehead atoms. The van der Waals surface area contributed by atoms with Gasteiger partial charge >= 0.3 is 0 Å². The van der Waals surface area contributed by atoms with Gasteiger partial charge in [-0.25, -0.2) is 0 Å². The summed E-state index contributed by atoms with van der Waals surface area (Å²) in [7, 11) is -2.89. The van der Waals surface area contributed by atoms with Crippen LogP contribution in [0.3, 0.4) is 0 Å². The molecule has 1 unspecified atom stereocenters. The first-order valence-electron chi connectivity index (χ1n) is 5.80. The molecule has 0 amide bonds. The molecule has 0 aromatic heterocycles. The quantitative estimate of drug-likeness (QED) is 0.645. The van der Waals surface area contributed by atoms with Crippen LogP contribution in [-0.2, 0) is 4.57 Å². The highest BCUT2D eigenvalue weighted by Crippen LogP contribution is 2.46. The van der Waals surface area contributed by atoms with Crippen LogP contribution in [0.15, 0.2) is 48.5 Å². The Morgan fingerprint density at radius 1 is 1.16 bits per heavy atom. The zero-order valence-corrected chi connectivity index (χ0v) is 12.8. The van der Waals surface area contributed by atoms with E-state index in [1.165, 1.54) is 0 Å². The molecule has 5 heteroatoms. The zero-order valence-electron chi connectivity index (χ0n) is 10.4. The van der Waals surface area contributed by atoms with Crippen molar-refractivity contribution in [3.05, 3.63) is 59.1 Å². The highest BCUT2D eigenvalue weighted by molar-refractivity contribution is 7.74. The van der Waals surface area contributed by atoms with Crippen molar-refractivity contribution in [2.75, 3.05) is 10.7 Å². The predicted molar refractivity (Wildman–Crippen MR) is 84.2 cm³/mol. The Morgan fingerprint density at radius 3 is 2.42 bits per heavy atom. The number of benzene rings is 2. The molecule has 0 aliphatic heterocycles. The van der Waals surface area contributed by atoms with Crippen LogP contribution in [0.4, 0.5) is 5.69 Å². The average Bonchev–Trinajstić information content (AvgIpc) is 2.43. The molecule has 0 aliphatic carbocycles. The van der Waals surface area contributed by atoms with E-state index in [4.69, 9.17) is 23.2 Å². The van der Waals surface area contributed by atoms with E-state index in [1.807, 2.05) is 43.3 Å². The van der Waals surface area contributed by atoms with Crippen molar-refractivity contribution in [2.45, 2.75) is 6.92 Å². The maximum atomic E-state index is 12.9. The van der Waals surface area contributed by atoms with Gasteiger partial charge in [0.05, 0.1) is 16.3 Å². The molecular weight excluding hydrogens is 300 g/mol. The smallest absolute Gasteiger partial charge is 0.212 e. The Balaban J connectivity index is 2.36. The van der Waals surface area contributed by atoms with Crippen LogP contribution in [0, 0.1) is 6.92 Å². The predicted octanol–water partition coefficient (Wildman–Crippen LogP) is 4.86. The van der Waals surface area contributed by atoms with Gasteiger partial charge in [-0.15, -0.1) is 11.6 Å². The minimum Gasteiger partial charge on any atom is -0.331 e. The van der Waals surface area contributed by atoms with E-state index >= 15 is 0 Å². The normalized spacial score (nSPS) is 13.8. The number of rotatable bonds is 4. The Hall–Kier alpha value is -0.950. The lowest BCUT2D eigenvalue weighted by Crippen LogP contribution is -2.12. The first-order chi connectivity index (χ1) is 9.05. The average molecular weight is 314 g/mol. The zero-order chi connectivity index (χ0) is 13.9. The number of aryl methyl sites for hydroxylation is 1. The summed E-state index contributed by atoms with van der Waals surface area (Å²) in [5.41, 5.74) is 1.71. The highest BCUT2D eigenvalue weighted by Gasteiger charge is 2.24. The molecule has 2 aromatic rings. The van der Waals surface area contributed by atoms with Crippen molar-refractivity contribution in [1.29, 1.82) is 0 Å². The summed E-state index contributed by atoms with van der Waals surface area (Å²) in [6.07, 6.45) is 0. The van der Waals surface area contributed by atoms with Gasteiger partial charge in [0.25, 0.3) is 0 Å². The van der Waals surface area contributed by atoms with Gasteiger partial charge in [0, 0.05) is 5.30 Å². The Kier molecular flexibility index (Phi) is 4.57. The van der Waals surface area contributed by atoms with Gasteiger partial charge in [-0.05, 0) is 36.8 Å². The molecule has 2 nitrogen and oxygen atoms in total. The minimum absolute atomic E-state index is 0.0151. The SMILES string of the molecule is Cc1ccc(NP(=O)(CCl)c2ccccc2)c(Cl)c1. The van der Waals surface area contributed by atoms with Gasteiger partial charge in [-0.1, -0.05) is 35.9 Å². The number of alkyl halides is 1. The maximum Gasteiger partial charge on any atom is 0.212 e. The third-order valence-corrected chi connectivity index (χ3v) is 6.16. The van der Waals surface area contributed by atoms with Crippen molar-refractivity contribution >= 4 is 41.5 Å². The van der Waals surface area contributed by atoms with E-state index in [2.05, 4.69) is 5.09 Å². The Labute approximate surface area is 123 Å². The monoisotopic (exact) mass is 313 g/mol. The topological polar surface area (TPSA) is 29.1 Å². The molecule has 0 spiro atoms. The molecule has 0 saturated heterocycles. The van der Waals surface area contributed by atoms with E-state index in [1.54, 1.807) is 12.1 Å².